The Hall–Kier alpha value is -4.54. The number of hydrogen-bond acceptors (Lipinski definition) is 6. The Labute approximate surface area is 267 Å². The van der Waals surface area contributed by atoms with E-state index in [1.807, 2.05) is 24.3 Å². The standard InChI is InChI=1S/C33H28BrClFN3O5/c1-20-7-8-21(2)39(20)25-9-11-26(12-10-25)42-19-27-13-14-28(44-27)33(40)38-37-17-23-16-29(41-3)32(31(35)30(23)34)43-18-22-5-4-6-24(36)15-22/h4-17H,18-19H2,1-3H3,(H,38,40)/b37-17+. The highest BCUT2D eigenvalue weighted by molar-refractivity contribution is 9.10. The summed E-state index contributed by atoms with van der Waals surface area (Å²) in [6, 6.07) is 22.8. The van der Waals surface area contributed by atoms with Crippen LogP contribution in [0.2, 0.25) is 5.02 Å². The maximum Gasteiger partial charge on any atom is 0.307 e. The zero-order valence-electron chi connectivity index (χ0n) is 24.1. The molecule has 5 aromatic rings. The van der Waals surface area contributed by atoms with Crippen molar-refractivity contribution >= 4 is 39.7 Å². The average Bonchev–Trinajstić information content (AvgIpc) is 3.63. The quantitative estimate of drug-likeness (QED) is 0.112. The predicted molar refractivity (Wildman–Crippen MR) is 170 cm³/mol. The number of nitrogens with zero attached hydrogens (tertiary/aromatic N) is 2. The zero-order chi connectivity index (χ0) is 31.2. The maximum atomic E-state index is 13.5. The summed E-state index contributed by atoms with van der Waals surface area (Å²) in [5.41, 5.74) is 6.94. The lowest BCUT2D eigenvalue weighted by Crippen LogP contribution is -2.16. The average molecular weight is 681 g/mol. The number of methoxy groups -OCH3 is 1. The van der Waals surface area contributed by atoms with Gasteiger partial charge in [0.2, 0.25) is 0 Å². The number of hydrogen-bond donors (Lipinski definition) is 1. The number of carbonyl (C=O) groups excluding carboxylic acids is 1. The molecule has 0 atom stereocenters. The molecule has 2 heterocycles. The van der Waals surface area contributed by atoms with Crippen molar-refractivity contribution in [2.24, 2.45) is 5.10 Å². The fraction of sp³-hybridized carbons (Fsp3) is 0.152. The molecule has 5 rings (SSSR count). The van der Waals surface area contributed by atoms with Crippen LogP contribution in [0, 0.1) is 19.7 Å². The molecule has 226 valence electrons. The first-order valence-electron chi connectivity index (χ1n) is 13.5. The summed E-state index contributed by atoms with van der Waals surface area (Å²) in [7, 11) is 1.47. The van der Waals surface area contributed by atoms with Gasteiger partial charge in [-0.05, 0) is 102 Å². The number of benzene rings is 3. The minimum Gasteiger partial charge on any atom is -0.493 e. The highest BCUT2D eigenvalue weighted by Gasteiger charge is 2.18. The Morgan fingerprint density at radius 1 is 1.02 bits per heavy atom. The number of hydrazone groups is 1. The van der Waals surface area contributed by atoms with Crippen molar-refractivity contribution in [2.45, 2.75) is 27.1 Å². The number of rotatable bonds is 11. The van der Waals surface area contributed by atoms with Gasteiger partial charge in [-0.3, -0.25) is 4.79 Å². The SMILES string of the molecule is COc1cc(/C=N/NC(=O)c2ccc(COc3ccc(-n4c(C)ccc4C)cc3)o2)c(Br)c(Cl)c1OCc1cccc(F)c1. The number of nitrogens with one attached hydrogen (secondary N) is 1. The molecule has 0 saturated heterocycles. The number of carbonyl (C=O) groups is 1. The van der Waals surface area contributed by atoms with Crippen molar-refractivity contribution in [3.05, 3.63) is 128 Å². The number of ether oxygens (including phenoxy) is 3. The minimum atomic E-state index is -0.543. The molecule has 0 spiro atoms. The number of aromatic nitrogens is 1. The molecule has 8 nitrogen and oxygen atoms in total. The van der Waals surface area contributed by atoms with Crippen LogP contribution in [0.5, 0.6) is 17.2 Å². The van der Waals surface area contributed by atoms with Gasteiger partial charge in [-0.25, -0.2) is 9.82 Å². The summed E-state index contributed by atoms with van der Waals surface area (Å²) in [5.74, 6) is 0.935. The summed E-state index contributed by atoms with van der Waals surface area (Å²) in [6.45, 7) is 4.35. The van der Waals surface area contributed by atoms with Crippen LogP contribution in [-0.2, 0) is 13.2 Å². The Bertz CT molecular complexity index is 1800. The van der Waals surface area contributed by atoms with Crippen LogP contribution in [0.1, 0.15) is 38.8 Å². The van der Waals surface area contributed by atoms with Gasteiger partial charge in [0.25, 0.3) is 0 Å². The molecule has 0 radical (unpaired) electrons. The second-order valence-electron chi connectivity index (χ2n) is 9.74. The van der Waals surface area contributed by atoms with Gasteiger partial charge in [0.1, 0.15) is 35.6 Å². The van der Waals surface area contributed by atoms with E-state index in [0.29, 0.717) is 32.9 Å². The fourth-order valence-electron chi connectivity index (χ4n) is 4.48. The van der Waals surface area contributed by atoms with Gasteiger partial charge in [-0.1, -0.05) is 23.7 Å². The van der Waals surface area contributed by atoms with Gasteiger partial charge in [0.15, 0.2) is 17.3 Å². The monoisotopic (exact) mass is 679 g/mol. The van der Waals surface area contributed by atoms with Crippen LogP contribution in [-0.4, -0.2) is 23.8 Å². The predicted octanol–water partition coefficient (Wildman–Crippen LogP) is 8.17. The molecule has 0 saturated carbocycles. The third kappa shape index (κ3) is 7.15. The largest absolute Gasteiger partial charge is 0.493 e. The van der Waals surface area contributed by atoms with Gasteiger partial charge < -0.3 is 23.2 Å². The number of halogens is 3. The fourth-order valence-corrected chi connectivity index (χ4v) is 5.14. The van der Waals surface area contributed by atoms with Crippen molar-refractivity contribution < 1.29 is 27.8 Å². The lowest BCUT2D eigenvalue weighted by Gasteiger charge is -2.15. The second kappa shape index (κ2) is 13.8. The summed E-state index contributed by atoms with van der Waals surface area (Å²) in [6.07, 6.45) is 1.40. The van der Waals surface area contributed by atoms with Gasteiger partial charge in [0, 0.05) is 27.1 Å². The normalized spacial score (nSPS) is 11.1. The zero-order valence-corrected chi connectivity index (χ0v) is 26.4. The lowest BCUT2D eigenvalue weighted by atomic mass is 10.2. The molecular weight excluding hydrogens is 653 g/mol. The first-order valence-corrected chi connectivity index (χ1v) is 14.6. The second-order valence-corrected chi connectivity index (χ2v) is 10.9. The van der Waals surface area contributed by atoms with Crippen molar-refractivity contribution in [3.8, 4) is 22.9 Å². The first kappa shape index (κ1) is 30.9. The highest BCUT2D eigenvalue weighted by atomic mass is 79.9. The van der Waals surface area contributed by atoms with E-state index in [1.54, 1.807) is 30.3 Å². The third-order valence-electron chi connectivity index (χ3n) is 6.65. The lowest BCUT2D eigenvalue weighted by molar-refractivity contribution is 0.0923. The summed E-state index contributed by atoms with van der Waals surface area (Å²) >= 11 is 9.97. The molecule has 0 aliphatic rings. The molecule has 0 fully saturated rings. The molecule has 0 unspecified atom stereocenters. The Kier molecular flexibility index (Phi) is 9.72. The summed E-state index contributed by atoms with van der Waals surface area (Å²) < 4.78 is 38.9. The third-order valence-corrected chi connectivity index (χ3v) is 8.09. The highest BCUT2D eigenvalue weighted by Crippen LogP contribution is 2.42. The van der Waals surface area contributed by atoms with E-state index in [4.69, 9.17) is 30.2 Å². The van der Waals surface area contributed by atoms with Crippen molar-refractivity contribution in [3.63, 3.8) is 0 Å². The molecular formula is C33H28BrClFN3O5. The smallest absolute Gasteiger partial charge is 0.307 e. The summed E-state index contributed by atoms with van der Waals surface area (Å²) in [4.78, 5) is 12.6. The van der Waals surface area contributed by atoms with Crippen LogP contribution in [0.4, 0.5) is 4.39 Å². The van der Waals surface area contributed by atoms with Crippen molar-refractivity contribution in [1.29, 1.82) is 0 Å². The van der Waals surface area contributed by atoms with E-state index in [9.17, 15) is 9.18 Å². The van der Waals surface area contributed by atoms with E-state index in [1.165, 1.54) is 25.5 Å². The van der Waals surface area contributed by atoms with E-state index in [-0.39, 0.29) is 35.6 Å². The Morgan fingerprint density at radius 3 is 2.48 bits per heavy atom. The molecule has 11 heteroatoms. The van der Waals surface area contributed by atoms with Crippen molar-refractivity contribution in [2.75, 3.05) is 7.11 Å². The molecule has 1 N–H and O–H groups in total. The number of aryl methyl sites for hydroxylation is 2. The minimum absolute atomic E-state index is 0.0745. The first-order chi connectivity index (χ1) is 21.2. The van der Waals surface area contributed by atoms with Gasteiger partial charge >= 0.3 is 5.91 Å². The van der Waals surface area contributed by atoms with Gasteiger partial charge in [-0.15, -0.1) is 0 Å². The topological polar surface area (TPSA) is 87.2 Å². The molecule has 0 aliphatic heterocycles. The van der Waals surface area contributed by atoms with E-state index in [2.05, 4.69) is 57.0 Å². The Balaban J connectivity index is 1.17. The van der Waals surface area contributed by atoms with Crippen LogP contribution in [0.3, 0.4) is 0 Å². The molecule has 44 heavy (non-hydrogen) atoms. The van der Waals surface area contributed by atoms with E-state index in [0.717, 1.165) is 17.1 Å². The number of furan rings is 1. The van der Waals surface area contributed by atoms with E-state index < -0.39 is 5.91 Å². The molecule has 3 aromatic carbocycles. The van der Waals surface area contributed by atoms with Crippen LogP contribution < -0.4 is 19.6 Å². The van der Waals surface area contributed by atoms with Gasteiger partial charge in [0.05, 0.1) is 13.3 Å². The van der Waals surface area contributed by atoms with Gasteiger partial charge in [-0.2, -0.15) is 5.10 Å². The molecule has 0 bridgehead atoms. The molecule has 0 aliphatic carbocycles. The van der Waals surface area contributed by atoms with Crippen LogP contribution in [0.15, 0.2) is 92.9 Å². The van der Waals surface area contributed by atoms with Crippen molar-refractivity contribution in [1.82, 2.24) is 9.99 Å². The summed E-state index contributed by atoms with van der Waals surface area (Å²) in [5, 5.41) is 4.26. The van der Waals surface area contributed by atoms with Crippen LogP contribution >= 0.6 is 27.5 Å². The molecule has 1 amide bonds. The maximum absolute atomic E-state index is 13.5. The molecule has 2 aromatic heterocycles. The van der Waals surface area contributed by atoms with Crippen LogP contribution in [0.25, 0.3) is 5.69 Å². The number of amides is 1. The van der Waals surface area contributed by atoms with E-state index >= 15 is 0 Å². The Morgan fingerprint density at radius 2 is 1.77 bits per heavy atom.